The fourth-order valence-electron chi connectivity index (χ4n) is 3.15. The van der Waals surface area contributed by atoms with Crippen molar-refractivity contribution in [3.63, 3.8) is 0 Å². The molecule has 1 aliphatic heterocycles. The standard InChI is InChI=1S/C16H24N2O3S/c1-12-11-16(13(2)10-15(12)21-3)22(19,20)18-8-6-17(7-9-18)14-4-5-14/h10-11,14H,4-9H2,1-3H3. The number of hydrogen-bond donors (Lipinski definition) is 0. The summed E-state index contributed by atoms with van der Waals surface area (Å²) in [7, 11) is -1.81. The Hall–Kier alpha value is -1.11. The van der Waals surface area contributed by atoms with Crippen molar-refractivity contribution in [2.45, 2.75) is 37.6 Å². The first-order chi connectivity index (χ1) is 10.4. The van der Waals surface area contributed by atoms with Crippen LogP contribution in [0.4, 0.5) is 0 Å². The van der Waals surface area contributed by atoms with Crippen LogP contribution in [0.25, 0.3) is 0 Å². The van der Waals surface area contributed by atoms with Crippen LogP contribution in [0.15, 0.2) is 17.0 Å². The minimum atomic E-state index is -3.42. The van der Waals surface area contributed by atoms with Gasteiger partial charge in [0, 0.05) is 32.2 Å². The number of ether oxygens (including phenoxy) is 1. The van der Waals surface area contributed by atoms with Gasteiger partial charge in [-0.25, -0.2) is 8.42 Å². The first-order valence-electron chi connectivity index (χ1n) is 7.83. The summed E-state index contributed by atoms with van der Waals surface area (Å²) in [5.41, 5.74) is 1.59. The minimum absolute atomic E-state index is 0.408. The number of rotatable bonds is 4. The summed E-state index contributed by atoms with van der Waals surface area (Å²) in [6.07, 6.45) is 2.53. The summed E-state index contributed by atoms with van der Waals surface area (Å²) in [6, 6.07) is 4.24. The second-order valence-electron chi connectivity index (χ2n) is 6.26. The average molecular weight is 324 g/mol. The van der Waals surface area contributed by atoms with Crippen LogP contribution < -0.4 is 4.74 Å². The van der Waals surface area contributed by atoms with E-state index >= 15 is 0 Å². The largest absolute Gasteiger partial charge is 0.496 e. The van der Waals surface area contributed by atoms with Crippen LogP contribution in [0, 0.1) is 13.8 Å². The maximum absolute atomic E-state index is 12.9. The van der Waals surface area contributed by atoms with Crippen molar-refractivity contribution in [2.24, 2.45) is 0 Å². The van der Waals surface area contributed by atoms with Gasteiger partial charge in [-0.2, -0.15) is 4.31 Å². The molecule has 0 N–H and O–H groups in total. The quantitative estimate of drug-likeness (QED) is 0.847. The Morgan fingerprint density at radius 2 is 1.68 bits per heavy atom. The first-order valence-corrected chi connectivity index (χ1v) is 9.27. The molecule has 2 aliphatic rings. The molecule has 0 atom stereocenters. The van der Waals surface area contributed by atoms with Gasteiger partial charge in [0.25, 0.3) is 0 Å². The fourth-order valence-corrected chi connectivity index (χ4v) is 4.86. The summed E-state index contributed by atoms with van der Waals surface area (Å²) in [5, 5.41) is 0. The van der Waals surface area contributed by atoms with Gasteiger partial charge in [-0.15, -0.1) is 0 Å². The molecule has 6 heteroatoms. The molecule has 1 saturated heterocycles. The predicted molar refractivity (Wildman–Crippen MR) is 85.8 cm³/mol. The number of nitrogens with zero attached hydrogens (tertiary/aromatic N) is 2. The molecule has 0 unspecified atom stereocenters. The Morgan fingerprint density at radius 1 is 1.05 bits per heavy atom. The van der Waals surface area contributed by atoms with E-state index < -0.39 is 10.0 Å². The molecule has 5 nitrogen and oxygen atoms in total. The monoisotopic (exact) mass is 324 g/mol. The van der Waals surface area contributed by atoms with E-state index in [-0.39, 0.29) is 0 Å². The van der Waals surface area contributed by atoms with Crippen molar-refractivity contribution >= 4 is 10.0 Å². The van der Waals surface area contributed by atoms with E-state index in [1.807, 2.05) is 19.9 Å². The maximum atomic E-state index is 12.9. The van der Waals surface area contributed by atoms with Gasteiger partial charge in [-0.05, 0) is 49.9 Å². The molecule has 1 saturated carbocycles. The highest BCUT2D eigenvalue weighted by atomic mass is 32.2. The summed E-state index contributed by atoms with van der Waals surface area (Å²) < 4.78 is 32.7. The van der Waals surface area contributed by atoms with Crippen LogP contribution in [0.1, 0.15) is 24.0 Å². The molecular weight excluding hydrogens is 300 g/mol. The molecular formula is C16H24N2O3S. The van der Waals surface area contributed by atoms with Crippen molar-refractivity contribution in [2.75, 3.05) is 33.3 Å². The normalized spacial score (nSPS) is 21.0. The van der Waals surface area contributed by atoms with Gasteiger partial charge in [-0.1, -0.05) is 0 Å². The molecule has 1 aliphatic carbocycles. The zero-order valence-corrected chi connectivity index (χ0v) is 14.3. The molecule has 0 spiro atoms. The highest BCUT2D eigenvalue weighted by Crippen LogP contribution is 2.30. The predicted octanol–water partition coefficient (Wildman–Crippen LogP) is 1.78. The van der Waals surface area contributed by atoms with Crippen LogP contribution in [0.3, 0.4) is 0 Å². The number of piperazine rings is 1. The average Bonchev–Trinajstić information content (AvgIpc) is 3.34. The van der Waals surface area contributed by atoms with Crippen LogP contribution >= 0.6 is 0 Å². The van der Waals surface area contributed by atoms with E-state index in [1.165, 1.54) is 12.8 Å². The Bertz CT molecular complexity index is 660. The van der Waals surface area contributed by atoms with Crippen molar-refractivity contribution in [1.29, 1.82) is 0 Å². The van der Waals surface area contributed by atoms with E-state index in [1.54, 1.807) is 17.5 Å². The zero-order chi connectivity index (χ0) is 15.9. The molecule has 0 radical (unpaired) electrons. The van der Waals surface area contributed by atoms with E-state index in [4.69, 9.17) is 4.74 Å². The third kappa shape index (κ3) is 2.87. The third-order valence-corrected chi connectivity index (χ3v) is 6.69. The van der Waals surface area contributed by atoms with Gasteiger partial charge < -0.3 is 4.74 Å². The van der Waals surface area contributed by atoms with Crippen molar-refractivity contribution in [3.05, 3.63) is 23.3 Å². The second kappa shape index (κ2) is 5.83. The van der Waals surface area contributed by atoms with E-state index in [2.05, 4.69) is 4.90 Å². The summed E-state index contributed by atoms with van der Waals surface area (Å²) in [6.45, 7) is 6.57. The van der Waals surface area contributed by atoms with Gasteiger partial charge >= 0.3 is 0 Å². The smallest absolute Gasteiger partial charge is 0.243 e. The van der Waals surface area contributed by atoms with Crippen LogP contribution in [0.2, 0.25) is 0 Å². The molecule has 3 rings (SSSR count). The van der Waals surface area contributed by atoms with Crippen molar-refractivity contribution < 1.29 is 13.2 Å². The lowest BCUT2D eigenvalue weighted by atomic mass is 10.1. The third-order valence-electron chi connectivity index (χ3n) is 4.65. The van der Waals surface area contributed by atoms with Crippen molar-refractivity contribution in [1.82, 2.24) is 9.21 Å². The number of sulfonamides is 1. The van der Waals surface area contributed by atoms with E-state index in [9.17, 15) is 8.42 Å². The Balaban J connectivity index is 1.82. The maximum Gasteiger partial charge on any atom is 0.243 e. The van der Waals surface area contributed by atoms with Crippen molar-refractivity contribution in [3.8, 4) is 5.75 Å². The molecule has 2 fully saturated rings. The van der Waals surface area contributed by atoms with Crippen LogP contribution in [-0.4, -0.2) is 57.0 Å². The lowest BCUT2D eigenvalue weighted by Crippen LogP contribution is -2.49. The summed E-state index contributed by atoms with van der Waals surface area (Å²) in [4.78, 5) is 2.82. The van der Waals surface area contributed by atoms with Gasteiger partial charge in [0.15, 0.2) is 0 Å². The lowest BCUT2D eigenvalue weighted by Gasteiger charge is -2.34. The number of hydrogen-bond acceptors (Lipinski definition) is 4. The fraction of sp³-hybridized carbons (Fsp3) is 0.625. The van der Waals surface area contributed by atoms with Crippen LogP contribution in [0.5, 0.6) is 5.75 Å². The van der Waals surface area contributed by atoms with E-state index in [0.717, 1.165) is 30.0 Å². The molecule has 1 aromatic carbocycles. The highest BCUT2D eigenvalue weighted by Gasteiger charge is 2.35. The summed E-state index contributed by atoms with van der Waals surface area (Å²) in [5.74, 6) is 0.731. The van der Waals surface area contributed by atoms with Gasteiger partial charge in [0.2, 0.25) is 10.0 Å². The Kier molecular flexibility index (Phi) is 4.18. The van der Waals surface area contributed by atoms with E-state index in [0.29, 0.717) is 24.0 Å². The molecule has 1 heterocycles. The zero-order valence-electron chi connectivity index (χ0n) is 13.5. The number of benzene rings is 1. The van der Waals surface area contributed by atoms with Gasteiger partial charge in [-0.3, -0.25) is 4.90 Å². The number of aryl methyl sites for hydroxylation is 2. The lowest BCUT2D eigenvalue weighted by molar-refractivity contribution is 0.180. The van der Waals surface area contributed by atoms with Gasteiger partial charge in [0.1, 0.15) is 5.75 Å². The van der Waals surface area contributed by atoms with Crippen LogP contribution in [-0.2, 0) is 10.0 Å². The SMILES string of the molecule is COc1cc(C)c(S(=O)(=O)N2CCN(C3CC3)CC2)cc1C. The Morgan fingerprint density at radius 3 is 2.23 bits per heavy atom. The molecule has 22 heavy (non-hydrogen) atoms. The molecule has 0 bridgehead atoms. The molecule has 0 amide bonds. The molecule has 122 valence electrons. The minimum Gasteiger partial charge on any atom is -0.496 e. The number of methoxy groups -OCH3 is 1. The topological polar surface area (TPSA) is 49.9 Å². The second-order valence-corrected chi connectivity index (χ2v) is 8.16. The molecule has 0 aromatic heterocycles. The summed E-state index contributed by atoms with van der Waals surface area (Å²) >= 11 is 0. The molecule has 1 aromatic rings. The first kappa shape index (κ1) is 15.8. The Labute approximate surface area is 132 Å². The highest BCUT2D eigenvalue weighted by molar-refractivity contribution is 7.89. The van der Waals surface area contributed by atoms with Gasteiger partial charge in [0.05, 0.1) is 12.0 Å².